The molecule has 2 aromatic rings. The number of benzene rings is 2. The van der Waals surface area contributed by atoms with Crippen molar-refractivity contribution in [3.8, 4) is 0 Å². The number of hydrogen-bond donors (Lipinski definition) is 0. The Morgan fingerprint density at radius 1 is 0.808 bits per heavy atom. The largest absolute Gasteiger partial charge is 0.313 e. The van der Waals surface area contributed by atoms with Crippen LogP contribution in [0.25, 0.3) is 0 Å². The van der Waals surface area contributed by atoms with Crippen LogP contribution in [0.15, 0.2) is 60.7 Å². The average Bonchev–Trinajstić information content (AvgIpc) is 2.65. The lowest BCUT2D eigenvalue weighted by atomic mass is 10.1. The normalized spacial score (nSPS) is 14.8. The summed E-state index contributed by atoms with van der Waals surface area (Å²) in [7, 11) is -4.49. The summed E-state index contributed by atoms with van der Waals surface area (Å²) in [5.41, 5.74) is 0. The molecule has 0 bridgehead atoms. The van der Waals surface area contributed by atoms with Crippen LogP contribution in [0, 0.1) is 0 Å². The molecule has 0 amide bonds. The molecule has 0 aromatic heterocycles. The zero-order valence-corrected chi connectivity index (χ0v) is 19.1. The van der Waals surface area contributed by atoms with Gasteiger partial charge in [-0.05, 0) is 6.42 Å². The lowest BCUT2D eigenvalue weighted by molar-refractivity contribution is 0.546. The molecule has 0 N–H and O–H groups in total. The first-order valence-corrected chi connectivity index (χ1v) is 15.2. The highest BCUT2D eigenvalue weighted by Crippen LogP contribution is 2.61. The van der Waals surface area contributed by atoms with Crippen molar-refractivity contribution in [3.63, 3.8) is 0 Å². The van der Waals surface area contributed by atoms with E-state index in [0.29, 0.717) is 0 Å². The van der Waals surface area contributed by atoms with Crippen molar-refractivity contribution in [2.24, 2.45) is 0 Å². The number of unbranched alkanes of at least 4 members (excludes halogenated alkanes) is 3. The first-order chi connectivity index (χ1) is 12.3. The molecule has 26 heavy (non-hydrogen) atoms. The van der Waals surface area contributed by atoms with Crippen LogP contribution in [-0.2, 0) is 4.57 Å². The summed E-state index contributed by atoms with van der Waals surface area (Å²) in [6.07, 6.45) is 5.95. The summed E-state index contributed by atoms with van der Waals surface area (Å²) in [4.78, 5) is 0. The van der Waals surface area contributed by atoms with E-state index in [1.165, 1.54) is 19.3 Å². The molecule has 0 aliphatic carbocycles. The molecule has 142 valence electrons. The topological polar surface area (TPSA) is 17.1 Å². The van der Waals surface area contributed by atoms with Gasteiger partial charge in [0.05, 0.1) is 8.07 Å². The van der Waals surface area contributed by atoms with Crippen molar-refractivity contribution in [3.05, 3.63) is 60.7 Å². The van der Waals surface area contributed by atoms with E-state index in [2.05, 4.69) is 57.8 Å². The fourth-order valence-corrected chi connectivity index (χ4v) is 12.5. The van der Waals surface area contributed by atoms with Crippen LogP contribution in [0.4, 0.5) is 0 Å². The Morgan fingerprint density at radius 3 is 1.65 bits per heavy atom. The highest BCUT2D eigenvalue weighted by Gasteiger charge is 2.53. The van der Waals surface area contributed by atoms with Gasteiger partial charge in [0.15, 0.2) is 0 Å². The fourth-order valence-electron chi connectivity index (χ4n) is 3.90. The molecular formula is C23H35OPSi. The van der Waals surface area contributed by atoms with E-state index >= 15 is 0 Å². The molecule has 0 spiro atoms. The highest BCUT2D eigenvalue weighted by molar-refractivity contribution is 7.82. The van der Waals surface area contributed by atoms with E-state index in [4.69, 9.17) is 0 Å². The second-order valence-electron chi connectivity index (χ2n) is 8.61. The van der Waals surface area contributed by atoms with Gasteiger partial charge in [0, 0.05) is 15.4 Å². The molecule has 0 saturated heterocycles. The van der Waals surface area contributed by atoms with Crippen molar-refractivity contribution in [2.45, 2.75) is 70.4 Å². The van der Waals surface area contributed by atoms with Crippen molar-refractivity contribution in [1.29, 1.82) is 0 Å². The predicted octanol–water partition coefficient (Wildman–Crippen LogP) is 6.61. The van der Waals surface area contributed by atoms with Crippen LogP contribution in [-0.4, -0.2) is 12.9 Å². The van der Waals surface area contributed by atoms with E-state index in [1.54, 1.807) is 0 Å². The fraction of sp³-hybridized carbons (Fsp3) is 0.478. The molecule has 2 aromatic carbocycles. The zero-order valence-electron chi connectivity index (χ0n) is 17.2. The highest BCUT2D eigenvalue weighted by atomic mass is 31.2. The van der Waals surface area contributed by atoms with Gasteiger partial charge in [0.2, 0.25) is 0 Å². The Hall–Kier alpha value is -1.11. The number of hydrogen-bond acceptors (Lipinski definition) is 1. The van der Waals surface area contributed by atoms with Crippen LogP contribution >= 0.6 is 7.14 Å². The van der Waals surface area contributed by atoms with Gasteiger partial charge in [0.1, 0.15) is 7.14 Å². The van der Waals surface area contributed by atoms with Gasteiger partial charge >= 0.3 is 0 Å². The SMILES string of the molecule is CCCCCC[C@](C)([Si](C)(C)C)P(=O)(c1ccccc1)c1ccccc1. The molecule has 0 radical (unpaired) electrons. The molecule has 1 atom stereocenters. The Bertz CT molecular complexity index is 677. The third kappa shape index (κ3) is 4.07. The van der Waals surface area contributed by atoms with Gasteiger partial charge in [-0.1, -0.05) is 120 Å². The van der Waals surface area contributed by atoms with Crippen LogP contribution in [0.5, 0.6) is 0 Å². The summed E-state index contributed by atoms with van der Waals surface area (Å²) in [5.74, 6) is 0. The van der Waals surface area contributed by atoms with E-state index < -0.39 is 15.2 Å². The van der Waals surface area contributed by atoms with Crippen molar-refractivity contribution >= 4 is 25.8 Å². The third-order valence-electron chi connectivity index (χ3n) is 6.07. The van der Waals surface area contributed by atoms with E-state index in [9.17, 15) is 4.57 Å². The van der Waals surface area contributed by atoms with Gasteiger partial charge in [-0.15, -0.1) is 0 Å². The Morgan fingerprint density at radius 2 is 1.27 bits per heavy atom. The first-order valence-electron chi connectivity index (χ1n) is 9.99. The lowest BCUT2D eigenvalue weighted by Crippen LogP contribution is -2.53. The van der Waals surface area contributed by atoms with Crippen molar-refractivity contribution in [2.75, 3.05) is 0 Å². The lowest BCUT2D eigenvalue weighted by Gasteiger charge is -2.47. The Balaban J connectivity index is 2.62. The summed E-state index contributed by atoms with van der Waals surface area (Å²) >= 11 is 0. The smallest absolute Gasteiger partial charge is 0.146 e. The van der Waals surface area contributed by atoms with Gasteiger partial charge in [-0.3, -0.25) is 0 Å². The maximum atomic E-state index is 15.0. The summed E-state index contributed by atoms with van der Waals surface area (Å²) in [5, 5.41) is 2.04. The van der Waals surface area contributed by atoms with Crippen molar-refractivity contribution in [1.82, 2.24) is 0 Å². The molecule has 0 aliphatic rings. The van der Waals surface area contributed by atoms with Crippen molar-refractivity contribution < 1.29 is 4.57 Å². The molecule has 3 heteroatoms. The van der Waals surface area contributed by atoms with Gasteiger partial charge in [0.25, 0.3) is 0 Å². The minimum atomic E-state index is -2.75. The van der Waals surface area contributed by atoms with E-state index in [-0.39, 0.29) is 4.78 Å². The third-order valence-corrected chi connectivity index (χ3v) is 16.2. The molecule has 2 rings (SSSR count). The average molecular weight is 387 g/mol. The Labute approximate surface area is 161 Å². The maximum Gasteiger partial charge on any atom is 0.146 e. The van der Waals surface area contributed by atoms with Gasteiger partial charge < -0.3 is 4.57 Å². The second kappa shape index (κ2) is 8.72. The molecule has 0 aliphatic heterocycles. The van der Waals surface area contributed by atoms with Gasteiger partial charge in [-0.25, -0.2) is 0 Å². The van der Waals surface area contributed by atoms with Crippen LogP contribution in [0.2, 0.25) is 19.6 Å². The Kier molecular flexibility index (Phi) is 7.10. The summed E-state index contributed by atoms with van der Waals surface area (Å²) in [6, 6.07) is 20.5. The summed E-state index contributed by atoms with van der Waals surface area (Å²) < 4.78 is 14.8. The molecule has 0 fully saturated rings. The molecular weight excluding hydrogens is 351 g/mol. The molecule has 0 saturated carbocycles. The van der Waals surface area contributed by atoms with Crippen LogP contribution in [0.3, 0.4) is 0 Å². The molecule has 0 heterocycles. The molecule has 0 unspecified atom stereocenters. The minimum absolute atomic E-state index is 0.156. The van der Waals surface area contributed by atoms with Crippen LogP contribution in [0.1, 0.15) is 46.0 Å². The zero-order chi connectivity index (χ0) is 19.3. The monoisotopic (exact) mass is 386 g/mol. The van der Waals surface area contributed by atoms with Crippen LogP contribution < -0.4 is 10.6 Å². The molecule has 1 nitrogen and oxygen atoms in total. The minimum Gasteiger partial charge on any atom is -0.313 e. The van der Waals surface area contributed by atoms with Gasteiger partial charge in [-0.2, -0.15) is 0 Å². The second-order valence-corrected chi connectivity index (χ2v) is 17.9. The first kappa shape index (κ1) is 21.2. The maximum absolute atomic E-state index is 15.0. The standard InChI is InChI=1S/C23H35OPSi/c1-6-7-8-15-20-23(2,26(3,4)5)25(24,21-16-11-9-12-17-21)22-18-13-10-14-19-22/h9-14,16-19H,6-8,15,20H2,1-5H3/t23-/m0/s1. The van der Waals surface area contributed by atoms with E-state index in [0.717, 1.165) is 23.5 Å². The quantitative estimate of drug-likeness (QED) is 0.269. The predicted molar refractivity (Wildman–Crippen MR) is 120 cm³/mol. The van der Waals surface area contributed by atoms with E-state index in [1.807, 2.05) is 36.4 Å². The summed E-state index contributed by atoms with van der Waals surface area (Å²) in [6.45, 7) is 11.8. The number of rotatable bonds is 9.